The van der Waals surface area contributed by atoms with Crippen LogP contribution in [0.2, 0.25) is 5.02 Å². The molecule has 2 aromatic carbocycles. The molecule has 7 nitrogen and oxygen atoms in total. The number of carbonyl (C=O) groups is 1. The zero-order valence-corrected chi connectivity index (χ0v) is 17.7. The molecule has 1 amide bonds. The maximum Gasteiger partial charge on any atom is 0.291 e. The highest BCUT2D eigenvalue weighted by atomic mass is 35.5. The van der Waals surface area contributed by atoms with Crippen molar-refractivity contribution >= 4 is 17.5 Å². The van der Waals surface area contributed by atoms with Crippen LogP contribution in [0.15, 0.2) is 36.4 Å². The number of methoxy groups -OCH3 is 2. The van der Waals surface area contributed by atoms with Gasteiger partial charge in [0.05, 0.1) is 25.9 Å². The summed E-state index contributed by atoms with van der Waals surface area (Å²) in [7, 11) is 3.17. The minimum atomic E-state index is -0.359. The van der Waals surface area contributed by atoms with Gasteiger partial charge in [-0.15, -0.1) is 5.10 Å². The molecule has 1 atom stereocenters. The van der Waals surface area contributed by atoms with E-state index in [0.29, 0.717) is 22.3 Å². The van der Waals surface area contributed by atoms with Gasteiger partial charge in [0.1, 0.15) is 5.82 Å². The second-order valence-corrected chi connectivity index (χ2v) is 7.07. The molecule has 1 unspecified atom stereocenters. The normalized spacial score (nSPS) is 11.8. The monoisotopic (exact) mass is 414 g/mol. The van der Waals surface area contributed by atoms with E-state index in [4.69, 9.17) is 21.1 Å². The number of hydrogen-bond donors (Lipinski definition) is 1. The van der Waals surface area contributed by atoms with E-state index in [9.17, 15) is 4.79 Å². The second-order valence-electron chi connectivity index (χ2n) is 6.63. The van der Waals surface area contributed by atoms with E-state index < -0.39 is 0 Å². The van der Waals surface area contributed by atoms with Gasteiger partial charge >= 0.3 is 0 Å². The van der Waals surface area contributed by atoms with E-state index in [2.05, 4.69) is 15.4 Å². The van der Waals surface area contributed by atoms with E-state index in [1.165, 1.54) is 0 Å². The molecule has 0 saturated carbocycles. The summed E-state index contributed by atoms with van der Waals surface area (Å²) in [6, 6.07) is 10.6. The maximum absolute atomic E-state index is 12.7. The van der Waals surface area contributed by atoms with Crippen LogP contribution in [-0.4, -0.2) is 34.9 Å². The van der Waals surface area contributed by atoms with Gasteiger partial charge in [0.2, 0.25) is 5.82 Å². The highest BCUT2D eigenvalue weighted by Crippen LogP contribution is 2.32. The van der Waals surface area contributed by atoms with Gasteiger partial charge in [-0.2, -0.15) is 0 Å². The Morgan fingerprint density at radius 3 is 2.34 bits per heavy atom. The van der Waals surface area contributed by atoms with E-state index in [-0.39, 0.29) is 17.8 Å². The van der Waals surface area contributed by atoms with Crippen LogP contribution < -0.4 is 14.8 Å². The SMILES string of the molecule is COc1cc(C)c(C(C)NC(=O)c2nc(C)n(-c3ccc(Cl)cc3)n2)cc1OC. The Morgan fingerprint density at radius 1 is 1.10 bits per heavy atom. The predicted molar refractivity (Wildman–Crippen MR) is 111 cm³/mol. The first kappa shape index (κ1) is 20.7. The van der Waals surface area contributed by atoms with Crippen LogP contribution in [0.4, 0.5) is 0 Å². The summed E-state index contributed by atoms with van der Waals surface area (Å²) in [5.74, 6) is 1.60. The smallest absolute Gasteiger partial charge is 0.291 e. The zero-order valence-electron chi connectivity index (χ0n) is 17.0. The molecular weight excluding hydrogens is 392 g/mol. The molecule has 0 bridgehead atoms. The minimum Gasteiger partial charge on any atom is -0.493 e. The molecule has 8 heteroatoms. The number of aryl methyl sites for hydroxylation is 2. The van der Waals surface area contributed by atoms with Gasteiger partial charge in [-0.05, 0) is 68.3 Å². The Bertz CT molecular complexity index is 1030. The Labute approximate surface area is 174 Å². The van der Waals surface area contributed by atoms with E-state index >= 15 is 0 Å². The molecule has 0 spiro atoms. The molecule has 0 aliphatic rings. The van der Waals surface area contributed by atoms with Crippen LogP contribution in [0.5, 0.6) is 11.5 Å². The number of ether oxygens (including phenoxy) is 2. The van der Waals surface area contributed by atoms with E-state index in [0.717, 1.165) is 16.8 Å². The second kappa shape index (κ2) is 8.53. The fourth-order valence-corrected chi connectivity index (χ4v) is 3.24. The van der Waals surface area contributed by atoms with Crippen LogP contribution >= 0.6 is 11.6 Å². The molecule has 152 valence electrons. The lowest BCUT2D eigenvalue weighted by Gasteiger charge is -2.18. The van der Waals surface area contributed by atoms with Crippen molar-refractivity contribution in [2.75, 3.05) is 14.2 Å². The largest absolute Gasteiger partial charge is 0.493 e. The molecule has 0 saturated heterocycles. The van der Waals surface area contributed by atoms with Crippen LogP contribution in [0.1, 0.15) is 40.5 Å². The predicted octanol–water partition coefficient (Wildman–Crippen LogP) is 4.05. The van der Waals surface area contributed by atoms with Gasteiger partial charge in [-0.3, -0.25) is 4.79 Å². The Morgan fingerprint density at radius 2 is 1.72 bits per heavy atom. The van der Waals surface area contributed by atoms with Crippen molar-refractivity contribution in [1.82, 2.24) is 20.1 Å². The van der Waals surface area contributed by atoms with Crippen molar-refractivity contribution in [2.24, 2.45) is 0 Å². The summed E-state index contributed by atoms with van der Waals surface area (Å²) >= 11 is 5.94. The number of nitrogens with zero attached hydrogens (tertiary/aromatic N) is 3. The Hall–Kier alpha value is -3.06. The van der Waals surface area contributed by atoms with Gasteiger partial charge in [-0.1, -0.05) is 11.6 Å². The third-order valence-electron chi connectivity index (χ3n) is 4.63. The first-order valence-electron chi connectivity index (χ1n) is 9.07. The molecule has 1 heterocycles. The van der Waals surface area contributed by atoms with Crippen molar-refractivity contribution < 1.29 is 14.3 Å². The summed E-state index contributed by atoms with van der Waals surface area (Å²) in [5, 5.41) is 7.92. The molecule has 3 aromatic rings. The number of rotatable bonds is 6. The molecule has 0 aliphatic heterocycles. The summed E-state index contributed by atoms with van der Waals surface area (Å²) in [4.78, 5) is 17.0. The van der Waals surface area contributed by atoms with Crippen LogP contribution in [0, 0.1) is 13.8 Å². The molecule has 1 aromatic heterocycles. The lowest BCUT2D eigenvalue weighted by molar-refractivity contribution is 0.0929. The number of benzene rings is 2. The Balaban J connectivity index is 1.82. The van der Waals surface area contributed by atoms with Crippen molar-refractivity contribution in [1.29, 1.82) is 0 Å². The number of aromatic nitrogens is 3. The lowest BCUT2D eigenvalue weighted by atomic mass is 10.0. The number of nitrogens with one attached hydrogen (secondary N) is 1. The third-order valence-corrected chi connectivity index (χ3v) is 4.88. The highest BCUT2D eigenvalue weighted by Gasteiger charge is 2.20. The van der Waals surface area contributed by atoms with E-state index in [1.54, 1.807) is 38.0 Å². The minimum absolute atomic E-state index is 0.0995. The Kier molecular flexibility index (Phi) is 6.08. The topological polar surface area (TPSA) is 78.3 Å². The van der Waals surface area contributed by atoms with Crippen molar-refractivity contribution in [3.63, 3.8) is 0 Å². The van der Waals surface area contributed by atoms with Gasteiger partial charge in [0.15, 0.2) is 11.5 Å². The van der Waals surface area contributed by atoms with Crippen molar-refractivity contribution in [2.45, 2.75) is 26.8 Å². The molecule has 29 heavy (non-hydrogen) atoms. The lowest BCUT2D eigenvalue weighted by Crippen LogP contribution is -2.28. The van der Waals surface area contributed by atoms with Crippen LogP contribution in [-0.2, 0) is 0 Å². The number of amides is 1. The van der Waals surface area contributed by atoms with Crippen LogP contribution in [0.25, 0.3) is 5.69 Å². The summed E-state index contributed by atoms with van der Waals surface area (Å²) in [6.45, 7) is 5.65. The first-order valence-corrected chi connectivity index (χ1v) is 9.44. The molecule has 0 aliphatic carbocycles. The first-order chi connectivity index (χ1) is 13.8. The van der Waals surface area contributed by atoms with Gasteiger partial charge < -0.3 is 14.8 Å². The number of halogens is 1. The van der Waals surface area contributed by atoms with Gasteiger partial charge in [0.25, 0.3) is 5.91 Å². The molecule has 0 fully saturated rings. The quantitative estimate of drug-likeness (QED) is 0.658. The number of carbonyl (C=O) groups excluding carboxylic acids is 1. The average molecular weight is 415 g/mol. The molecule has 0 radical (unpaired) electrons. The molecular formula is C21H23ClN4O3. The zero-order chi connectivity index (χ0) is 21.1. The van der Waals surface area contributed by atoms with E-state index in [1.807, 2.05) is 38.1 Å². The summed E-state index contributed by atoms with van der Waals surface area (Å²) in [6.07, 6.45) is 0. The van der Waals surface area contributed by atoms with Crippen LogP contribution in [0.3, 0.4) is 0 Å². The molecule has 1 N–H and O–H groups in total. The highest BCUT2D eigenvalue weighted by molar-refractivity contribution is 6.30. The maximum atomic E-state index is 12.7. The molecule has 3 rings (SSSR count). The number of hydrogen-bond acceptors (Lipinski definition) is 5. The van der Waals surface area contributed by atoms with Gasteiger partial charge in [0, 0.05) is 5.02 Å². The van der Waals surface area contributed by atoms with Gasteiger partial charge in [-0.25, -0.2) is 9.67 Å². The summed E-state index contributed by atoms with van der Waals surface area (Å²) in [5.41, 5.74) is 2.68. The average Bonchev–Trinajstić information content (AvgIpc) is 3.10. The summed E-state index contributed by atoms with van der Waals surface area (Å²) < 4.78 is 12.3. The fourth-order valence-electron chi connectivity index (χ4n) is 3.11. The van der Waals surface area contributed by atoms with Crippen molar-refractivity contribution in [3.8, 4) is 17.2 Å². The van der Waals surface area contributed by atoms with Crippen molar-refractivity contribution in [3.05, 3.63) is 64.2 Å². The fraction of sp³-hybridized carbons (Fsp3) is 0.286. The standard InChI is InChI=1S/C21H23ClN4O3/c1-12-10-18(28-4)19(29-5)11-17(12)13(2)23-21(27)20-24-14(3)26(25-20)16-8-6-15(22)7-9-16/h6-11,13H,1-5H3,(H,23,27). The third kappa shape index (κ3) is 4.35.